The Labute approximate surface area is 425 Å². The molecule has 1 aliphatic rings. The second-order valence-electron chi connectivity index (χ2n) is 18.0. The smallest absolute Gasteiger partial charge is 0.462 e. The summed E-state index contributed by atoms with van der Waals surface area (Å²) in [5.41, 5.74) is 4.56. The van der Waals surface area contributed by atoms with Gasteiger partial charge in [-0.3, -0.25) is 23.2 Å². The third-order valence-corrected chi connectivity index (χ3v) is 14.2. The number of carbonyl (C=O) groups excluding carboxylic acids is 2. The Balaban J connectivity index is 1.87. The molecule has 72 heavy (non-hydrogen) atoms. The van der Waals surface area contributed by atoms with Crippen LogP contribution in [0.4, 0.5) is 5.82 Å². The van der Waals surface area contributed by atoms with Crippen LogP contribution in [0.1, 0.15) is 174 Å². The van der Waals surface area contributed by atoms with Crippen LogP contribution in [0.2, 0.25) is 0 Å². The standard InChI is InChI=1S/C50H85N3O17P2/c1-3-5-7-9-11-13-15-17-18-19-21-23-25-27-29-33-45(56)65-37-40(68-46(57)34-30-32-42(55)41(54)31-28-26-24-22-20-16-14-12-10-8-6-4-2)38-66-71(61,62)70-72(63,64)67-39-43-47(58)48(59)49(69-43)53-36-35-44(51)52-50(53)60/h6,8,12,14,20,22,26,28,35-36,40-43,47-49,54-55,58-59H,3-5,7,9-11,13,15-19,21,23-25,27,29-34,37-39H2,1-2H3,(H,61,62)(H,63,64)(H2,51,52,60)/b8-6-,14-12-,22-20-,28-26-/t40-,41-,42-,43-,47-,48-,49-/m1/s1. The zero-order chi connectivity index (χ0) is 53.0. The minimum atomic E-state index is -5.50. The Morgan fingerprint density at radius 1 is 0.722 bits per heavy atom. The van der Waals surface area contributed by atoms with Gasteiger partial charge in [0, 0.05) is 19.0 Å². The van der Waals surface area contributed by atoms with Crippen LogP contribution in [0.25, 0.3) is 0 Å². The number of nitrogens with zero attached hydrogens (tertiary/aromatic N) is 2. The van der Waals surface area contributed by atoms with E-state index < -0.39 is 95.9 Å². The average molecular weight is 1060 g/mol. The minimum absolute atomic E-state index is 0.0321. The van der Waals surface area contributed by atoms with E-state index in [0.717, 1.165) is 55.7 Å². The molecule has 1 fully saturated rings. The van der Waals surface area contributed by atoms with Crippen LogP contribution in [0.15, 0.2) is 65.7 Å². The maximum Gasteiger partial charge on any atom is 0.481 e. The van der Waals surface area contributed by atoms with E-state index >= 15 is 0 Å². The molecule has 0 aromatic carbocycles. The Kier molecular flexibility index (Phi) is 34.4. The second-order valence-corrected chi connectivity index (χ2v) is 21.0. The number of phosphoric acid groups is 2. The fourth-order valence-corrected chi connectivity index (χ4v) is 9.63. The molecule has 9 atom stereocenters. The molecule has 1 aromatic rings. The molecule has 0 radical (unpaired) electrons. The molecule has 8 N–H and O–H groups in total. The van der Waals surface area contributed by atoms with E-state index in [1.807, 2.05) is 18.2 Å². The van der Waals surface area contributed by atoms with Crippen LogP contribution >= 0.6 is 15.6 Å². The highest BCUT2D eigenvalue weighted by atomic mass is 31.3. The number of hydrogen-bond acceptors (Lipinski definition) is 17. The number of anilines is 1. The van der Waals surface area contributed by atoms with Crippen molar-refractivity contribution in [2.24, 2.45) is 0 Å². The van der Waals surface area contributed by atoms with Crippen LogP contribution < -0.4 is 11.4 Å². The Morgan fingerprint density at radius 3 is 1.82 bits per heavy atom. The second kappa shape index (κ2) is 38.2. The molecular formula is C50H85N3O17P2. The summed E-state index contributed by atoms with van der Waals surface area (Å²) in [7, 11) is -11.0. The Hall–Kier alpha value is -3.36. The number of esters is 2. The molecule has 0 saturated carbocycles. The van der Waals surface area contributed by atoms with Crippen molar-refractivity contribution in [2.45, 2.75) is 211 Å². The molecule has 412 valence electrons. The zero-order valence-corrected chi connectivity index (χ0v) is 44.2. The minimum Gasteiger partial charge on any atom is -0.462 e. The predicted octanol–water partition coefficient (Wildman–Crippen LogP) is 8.50. The predicted molar refractivity (Wildman–Crippen MR) is 273 cm³/mol. The summed E-state index contributed by atoms with van der Waals surface area (Å²) in [6.07, 6.45) is 27.8. The first-order valence-corrected chi connectivity index (χ1v) is 28.8. The first-order valence-electron chi connectivity index (χ1n) is 25.8. The summed E-state index contributed by atoms with van der Waals surface area (Å²) in [4.78, 5) is 62.0. The van der Waals surface area contributed by atoms with Gasteiger partial charge in [0.2, 0.25) is 0 Å². The molecule has 0 spiro atoms. The summed E-state index contributed by atoms with van der Waals surface area (Å²) in [5.74, 6) is -1.60. The maximum absolute atomic E-state index is 12.9. The fraction of sp³-hybridized carbons (Fsp3) is 0.720. The molecule has 0 amide bonds. The van der Waals surface area contributed by atoms with Crippen LogP contribution in [0.5, 0.6) is 0 Å². The lowest BCUT2D eigenvalue weighted by Crippen LogP contribution is -2.36. The van der Waals surface area contributed by atoms with E-state index in [-0.39, 0.29) is 37.9 Å². The SMILES string of the molecule is CC/C=C\C/C=C\C/C=C\C/C=C\C[C@@H](O)[C@H](O)CCCC(=O)O[C@H](COC(=O)CCCCCCCCCCCCCCCCC)COP(=O)(O)OP(=O)(O)OC[C@H]1O[C@@H](n2ccc(N)nc2=O)[C@H](O)[C@@H]1O. The van der Waals surface area contributed by atoms with Gasteiger partial charge in [-0.2, -0.15) is 9.29 Å². The molecule has 0 bridgehead atoms. The van der Waals surface area contributed by atoms with E-state index in [4.69, 9.17) is 29.0 Å². The number of aromatic nitrogens is 2. The van der Waals surface area contributed by atoms with E-state index in [2.05, 4.69) is 47.4 Å². The van der Waals surface area contributed by atoms with Gasteiger partial charge in [-0.1, -0.05) is 152 Å². The molecule has 0 aliphatic carbocycles. The number of phosphoric ester groups is 2. The van der Waals surface area contributed by atoms with Crippen LogP contribution in [-0.2, 0) is 46.3 Å². The van der Waals surface area contributed by atoms with Crippen molar-refractivity contribution >= 4 is 33.4 Å². The first kappa shape index (κ1) is 64.8. The molecule has 20 nitrogen and oxygen atoms in total. The van der Waals surface area contributed by atoms with Crippen molar-refractivity contribution in [3.05, 3.63) is 71.4 Å². The normalized spacial score (nSPS) is 20.3. The van der Waals surface area contributed by atoms with Gasteiger partial charge in [-0.15, -0.1) is 0 Å². The molecule has 1 aromatic heterocycles. The number of hydrogen-bond donors (Lipinski definition) is 7. The summed E-state index contributed by atoms with van der Waals surface area (Å²) in [5, 5.41) is 41.8. The Bertz CT molecular complexity index is 1930. The third kappa shape index (κ3) is 30.1. The molecule has 1 saturated heterocycles. The fourth-order valence-electron chi connectivity index (χ4n) is 7.52. The summed E-state index contributed by atoms with van der Waals surface area (Å²) < 4.78 is 56.6. The number of nitrogens with two attached hydrogens (primary N) is 1. The number of aliphatic hydroxyl groups is 4. The van der Waals surface area contributed by atoms with Gasteiger partial charge < -0.3 is 50.2 Å². The highest BCUT2D eigenvalue weighted by Crippen LogP contribution is 2.60. The zero-order valence-electron chi connectivity index (χ0n) is 42.4. The number of ether oxygens (including phenoxy) is 3. The number of carbonyl (C=O) groups is 2. The molecule has 2 unspecified atom stereocenters. The van der Waals surface area contributed by atoms with Crippen molar-refractivity contribution < 1.29 is 76.5 Å². The highest BCUT2D eigenvalue weighted by Gasteiger charge is 2.46. The number of unbranched alkanes of at least 4 members (excludes halogenated alkanes) is 14. The van der Waals surface area contributed by atoms with Gasteiger partial charge >= 0.3 is 33.3 Å². The largest absolute Gasteiger partial charge is 0.481 e. The van der Waals surface area contributed by atoms with E-state index in [9.17, 15) is 53.7 Å². The van der Waals surface area contributed by atoms with Crippen LogP contribution in [0.3, 0.4) is 0 Å². The topological polar surface area (TPSA) is 306 Å². The van der Waals surface area contributed by atoms with E-state index in [0.29, 0.717) is 12.8 Å². The van der Waals surface area contributed by atoms with Gasteiger partial charge in [0.05, 0.1) is 25.4 Å². The molecular weight excluding hydrogens is 977 g/mol. The van der Waals surface area contributed by atoms with Gasteiger partial charge in [-0.05, 0) is 57.4 Å². The number of aliphatic hydroxyl groups excluding tert-OH is 4. The van der Waals surface area contributed by atoms with Crippen LogP contribution in [0, 0.1) is 0 Å². The van der Waals surface area contributed by atoms with Crippen molar-refractivity contribution in [1.29, 1.82) is 0 Å². The number of nitrogen functional groups attached to an aromatic ring is 1. The molecule has 22 heteroatoms. The van der Waals surface area contributed by atoms with Crippen molar-refractivity contribution in [3.63, 3.8) is 0 Å². The number of allylic oxidation sites excluding steroid dienone is 7. The van der Waals surface area contributed by atoms with E-state index in [1.54, 1.807) is 6.08 Å². The molecule has 2 heterocycles. The highest BCUT2D eigenvalue weighted by molar-refractivity contribution is 7.61. The van der Waals surface area contributed by atoms with Gasteiger partial charge in [0.25, 0.3) is 0 Å². The Morgan fingerprint density at radius 2 is 1.25 bits per heavy atom. The lowest BCUT2D eigenvalue weighted by Gasteiger charge is -2.22. The first-order chi connectivity index (χ1) is 34.5. The summed E-state index contributed by atoms with van der Waals surface area (Å²) >= 11 is 0. The molecule has 1 aliphatic heterocycles. The summed E-state index contributed by atoms with van der Waals surface area (Å²) in [6, 6.07) is 1.23. The van der Waals surface area contributed by atoms with Gasteiger partial charge in [0.1, 0.15) is 30.7 Å². The van der Waals surface area contributed by atoms with E-state index in [1.165, 1.54) is 70.3 Å². The van der Waals surface area contributed by atoms with Gasteiger partial charge in [-0.25, -0.2) is 13.9 Å². The quantitative estimate of drug-likeness (QED) is 0.0140. The monoisotopic (exact) mass is 1060 g/mol. The van der Waals surface area contributed by atoms with Gasteiger partial charge in [0.15, 0.2) is 12.3 Å². The van der Waals surface area contributed by atoms with Crippen LogP contribution in [-0.4, -0.2) is 108 Å². The van der Waals surface area contributed by atoms with Crippen molar-refractivity contribution in [2.75, 3.05) is 25.6 Å². The third-order valence-electron chi connectivity index (χ3n) is 11.6. The molecule has 2 rings (SSSR count). The lowest BCUT2D eigenvalue weighted by atomic mass is 10.0. The lowest BCUT2D eigenvalue weighted by molar-refractivity contribution is -0.161. The number of rotatable bonds is 42. The summed E-state index contributed by atoms with van der Waals surface area (Å²) in [6.45, 7) is 1.77. The average Bonchev–Trinajstić information content (AvgIpc) is 3.61. The maximum atomic E-state index is 12.9. The van der Waals surface area contributed by atoms with Crippen molar-refractivity contribution in [1.82, 2.24) is 9.55 Å². The van der Waals surface area contributed by atoms with Crippen molar-refractivity contribution in [3.8, 4) is 0 Å².